The summed E-state index contributed by atoms with van der Waals surface area (Å²) in [5.41, 5.74) is 1.96. The third-order valence-electron chi connectivity index (χ3n) is 3.24. The van der Waals surface area contributed by atoms with Crippen molar-refractivity contribution in [2.24, 2.45) is 5.92 Å². The third-order valence-corrected chi connectivity index (χ3v) is 3.24. The molecule has 0 aromatic heterocycles. The molecule has 0 saturated heterocycles. The molecule has 0 aliphatic carbocycles. The zero-order valence-corrected chi connectivity index (χ0v) is 10.6. The number of carbonyl (C=O) groups is 2. The third kappa shape index (κ3) is 2.16. The second-order valence-corrected chi connectivity index (χ2v) is 4.89. The van der Waals surface area contributed by atoms with Crippen LogP contribution >= 0.6 is 0 Å². The average molecular weight is 247 g/mol. The van der Waals surface area contributed by atoms with E-state index in [0.29, 0.717) is 24.1 Å². The van der Waals surface area contributed by atoms with E-state index < -0.39 is 0 Å². The molecule has 1 N–H and O–H groups in total. The second-order valence-electron chi connectivity index (χ2n) is 4.89. The maximum absolute atomic E-state index is 12.1. The molecule has 1 aliphatic heterocycles. The van der Waals surface area contributed by atoms with Crippen molar-refractivity contribution in [1.29, 1.82) is 0 Å². The predicted molar refractivity (Wildman–Crippen MR) is 67.4 cm³/mol. The number of benzene rings is 1. The second kappa shape index (κ2) is 4.90. The molecule has 1 atom stereocenters. The zero-order chi connectivity index (χ0) is 13.3. The molecule has 0 spiro atoms. The summed E-state index contributed by atoms with van der Waals surface area (Å²) >= 11 is 0. The van der Waals surface area contributed by atoms with E-state index in [0.717, 1.165) is 5.56 Å². The summed E-state index contributed by atoms with van der Waals surface area (Å²) in [5.74, 6) is -0.332. The SMILES string of the molecule is Cc1ccc2c(c1)C(=O)N(CC(C)CCO)C2=O. The number of carbonyl (C=O) groups excluding carboxylic acids is 2. The lowest BCUT2D eigenvalue weighted by Crippen LogP contribution is -2.34. The highest BCUT2D eigenvalue weighted by Gasteiger charge is 2.35. The van der Waals surface area contributed by atoms with Gasteiger partial charge in [-0.25, -0.2) is 0 Å². The Kier molecular flexibility index (Phi) is 3.48. The molecule has 2 amide bonds. The number of nitrogens with zero attached hydrogens (tertiary/aromatic N) is 1. The molecule has 0 saturated carbocycles. The number of amides is 2. The van der Waals surface area contributed by atoms with Gasteiger partial charge in [0.25, 0.3) is 11.8 Å². The number of fused-ring (bicyclic) bond motifs is 1. The molecular weight excluding hydrogens is 230 g/mol. The normalized spacial score (nSPS) is 16.1. The van der Waals surface area contributed by atoms with Gasteiger partial charge in [0.1, 0.15) is 0 Å². The van der Waals surface area contributed by atoms with Crippen molar-refractivity contribution >= 4 is 11.8 Å². The summed E-state index contributed by atoms with van der Waals surface area (Å²) in [7, 11) is 0. The van der Waals surface area contributed by atoms with Crippen LogP contribution in [0.5, 0.6) is 0 Å². The fourth-order valence-electron chi connectivity index (χ4n) is 2.19. The summed E-state index contributed by atoms with van der Waals surface area (Å²) in [5, 5.41) is 8.86. The Labute approximate surface area is 106 Å². The van der Waals surface area contributed by atoms with Crippen molar-refractivity contribution in [3.05, 3.63) is 34.9 Å². The Bertz CT molecular complexity index is 496. The van der Waals surface area contributed by atoms with Crippen LogP contribution in [0.1, 0.15) is 39.6 Å². The number of aliphatic hydroxyl groups excluding tert-OH is 1. The molecule has 1 heterocycles. The molecule has 1 unspecified atom stereocenters. The predicted octanol–water partition coefficient (Wildman–Crippen LogP) is 1.61. The van der Waals surface area contributed by atoms with Gasteiger partial charge in [0, 0.05) is 13.2 Å². The van der Waals surface area contributed by atoms with Crippen molar-refractivity contribution in [3.63, 3.8) is 0 Å². The molecule has 4 heteroatoms. The van der Waals surface area contributed by atoms with Gasteiger partial charge in [0.05, 0.1) is 11.1 Å². The minimum atomic E-state index is -0.222. The molecule has 96 valence electrons. The Morgan fingerprint density at radius 2 is 1.89 bits per heavy atom. The summed E-state index contributed by atoms with van der Waals surface area (Å²) in [6, 6.07) is 5.30. The van der Waals surface area contributed by atoms with Crippen LogP contribution in [-0.2, 0) is 0 Å². The first-order valence-electron chi connectivity index (χ1n) is 6.12. The van der Waals surface area contributed by atoms with Gasteiger partial charge in [-0.15, -0.1) is 0 Å². The molecule has 0 fully saturated rings. The van der Waals surface area contributed by atoms with E-state index in [2.05, 4.69) is 0 Å². The summed E-state index contributed by atoms with van der Waals surface area (Å²) in [4.78, 5) is 25.5. The van der Waals surface area contributed by atoms with Crippen LogP contribution in [0.4, 0.5) is 0 Å². The number of aryl methyl sites for hydroxylation is 1. The van der Waals surface area contributed by atoms with Gasteiger partial charge in [-0.3, -0.25) is 14.5 Å². The van der Waals surface area contributed by atoms with E-state index in [1.54, 1.807) is 12.1 Å². The number of rotatable bonds is 4. The minimum absolute atomic E-state index is 0.0729. The fraction of sp³-hybridized carbons (Fsp3) is 0.429. The Hall–Kier alpha value is -1.68. The first kappa shape index (κ1) is 12.8. The van der Waals surface area contributed by atoms with Crippen LogP contribution in [-0.4, -0.2) is 35.0 Å². The Balaban J connectivity index is 2.23. The smallest absolute Gasteiger partial charge is 0.261 e. The molecule has 4 nitrogen and oxygen atoms in total. The van der Waals surface area contributed by atoms with Crippen LogP contribution < -0.4 is 0 Å². The topological polar surface area (TPSA) is 57.6 Å². The number of aliphatic hydroxyl groups is 1. The maximum Gasteiger partial charge on any atom is 0.261 e. The van der Waals surface area contributed by atoms with Crippen molar-refractivity contribution < 1.29 is 14.7 Å². The summed E-state index contributed by atoms with van der Waals surface area (Å²) in [6.45, 7) is 4.26. The lowest BCUT2D eigenvalue weighted by Gasteiger charge is -2.18. The van der Waals surface area contributed by atoms with Gasteiger partial charge in [0.15, 0.2) is 0 Å². The van der Waals surface area contributed by atoms with Gasteiger partial charge in [-0.1, -0.05) is 18.6 Å². The Morgan fingerprint density at radius 3 is 2.56 bits per heavy atom. The Morgan fingerprint density at radius 1 is 1.22 bits per heavy atom. The lowest BCUT2D eigenvalue weighted by molar-refractivity contribution is 0.0624. The molecule has 1 aliphatic rings. The largest absolute Gasteiger partial charge is 0.396 e. The van der Waals surface area contributed by atoms with E-state index >= 15 is 0 Å². The highest BCUT2D eigenvalue weighted by Crippen LogP contribution is 2.24. The molecule has 2 rings (SSSR count). The van der Waals surface area contributed by atoms with Crippen LogP contribution in [0.25, 0.3) is 0 Å². The van der Waals surface area contributed by atoms with E-state index in [9.17, 15) is 9.59 Å². The van der Waals surface area contributed by atoms with Crippen molar-refractivity contribution in [2.45, 2.75) is 20.3 Å². The quantitative estimate of drug-likeness (QED) is 0.822. The van der Waals surface area contributed by atoms with Crippen molar-refractivity contribution in [2.75, 3.05) is 13.2 Å². The highest BCUT2D eigenvalue weighted by atomic mass is 16.3. The van der Waals surface area contributed by atoms with E-state index in [-0.39, 0.29) is 24.3 Å². The van der Waals surface area contributed by atoms with E-state index in [1.807, 2.05) is 19.9 Å². The fourth-order valence-corrected chi connectivity index (χ4v) is 2.19. The summed E-state index contributed by atoms with van der Waals surface area (Å²) < 4.78 is 0. The lowest BCUT2D eigenvalue weighted by atomic mass is 10.1. The molecule has 18 heavy (non-hydrogen) atoms. The monoisotopic (exact) mass is 247 g/mol. The average Bonchev–Trinajstić information content (AvgIpc) is 2.55. The number of hydrogen-bond donors (Lipinski definition) is 1. The standard InChI is InChI=1S/C14H17NO3/c1-9-3-4-11-12(7-9)14(18)15(13(11)17)8-10(2)5-6-16/h3-4,7,10,16H,5-6,8H2,1-2H3. The first-order valence-corrected chi connectivity index (χ1v) is 6.12. The van der Waals surface area contributed by atoms with Crippen molar-refractivity contribution in [1.82, 2.24) is 4.90 Å². The zero-order valence-electron chi connectivity index (χ0n) is 10.6. The maximum atomic E-state index is 12.1. The first-order chi connectivity index (χ1) is 8.54. The molecular formula is C14H17NO3. The molecule has 0 radical (unpaired) electrons. The van der Waals surface area contributed by atoms with Crippen LogP contribution in [0, 0.1) is 12.8 Å². The van der Waals surface area contributed by atoms with Crippen LogP contribution in [0.3, 0.4) is 0 Å². The van der Waals surface area contributed by atoms with E-state index in [4.69, 9.17) is 5.11 Å². The van der Waals surface area contributed by atoms with E-state index in [1.165, 1.54) is 4.90 Å². The van der Waals surface area contributed by atoms with Crippen molar-refractivity contribution in [3.8, 4) is 0 Å². The van der Waals surface area contributed by atoms with Gasteiger partial charge in [-0.05, 0) is 31.4 Å². The van der Waals surface area contributed by atoms with Gasteiger partial charge in [0.2, 0.25) is 0 Å². The number of hydrogen-bond acceptors (Lipinski definition) is 3. The summed E-state index contributed by atoms with van der Waals surface area (Å²) in [6.07, 6.45) is 0.590. The van der Waals surface area contributed by atoms with Crippen LogP contribution in [0.2, 0.25) is 0 Å². The van der Waals surface area contributed by atoms with Gasteiger partial charge in [-0.2, -0.15) is 0 Å². The molecule has 0 bridgehead atoms. The number of imide groups is 1. The van der Waals surface area contributed by atoms with Gasteiger partial charge >= 0.3 is 0 Å². The minimum Gasteiger partial charge on any atom is -0.396 e. The van der Waals surface area contributed by atoms with Gasteiger partial charge < -0.3 is 5.11 Å². The molecule has 1 aromatic rings. The molecule has 1 aromatic carbocycles. The van der Waals surface area contributed by atoms with Crippen LogP contribution in [0.15, 0.2) is 18.2 Å². The highest BCUT2D eigenvalue weighted by molar-refractivity contribution is 6.21.